The fourth-order valence-corrected chi connectivity index (χ4v) is 3.35. The molecule has 0 saturated carbocycles. The standard InChI is InChI=1S/C23H20Br2N2O3/c1-29-21-12-18(14-26-27-23(28)11-16-5-3-2-4-6-16)20(25)13-22(21)30-15-17-7-9-19(24)10-8-17/h2-10,12-14H,11,15H2,1H3,(H,27,28)/b26-14+. The highest BCUT2D eigenvalue weighted by molar-refractivity contribution is 9.10. The van der Waals surface area contributed by atoms with E-state index < -0.39 is 0 Å². The zero-order valence-corrected chi connectivity index (χ0v) is 19.4. The number of hydrogen-bond donors (Lipinski definition) is 1. The highest BCUT2D eigenvalue weighted by atomic mass is 79.9. The van der Waals surface area contributed by atoms with Crippen LogP contribution in [0.4, 0.5) is 0 Å². The Morgan fingerprint density at radius 1 is 1.00 bits per heavy atom. The van der Waals surface area contributed by atoms with Gasteiger partial charge >= 0.3 is 0 Å². The van der Waals surface area contributed by atoms with E-state index in [1.807, 2.05) is 60.7 Å². The van der Waals surface area contributed by atoms with Gasteiger partial charge in [-0.3, -0.25) is 4.79 Å². The molecule has 1 amide bonds. The highest BCUT2D eigenvalue weighted by Gasteiger charge is 2.10. The van der Waals surface area contributed by atoms with Gasteiger partial charge in [-0.05, 0) is 51.3 Å². The van der Waals surface area contributed by atoms with Crippen molar-refractivity contribution in [1.82, 2.24) is 5.43 Å². The number of halogens is 2. The molecule has 0 saturated heterocycles. The molecule has 0 aliphatic carbocycles. The van der Waals surface area contributed by atoms with Crippen LogP contribution in [-0.2, 0) is 17.8 Å². The normalized spacial score (nSPS) is 10.8. The van der Waals surface area contributed by atoms with E-state index in [2.05, 4.69) is 42.4 Å². The van der Waals surface area contributed by atoms with Crippen LogP contribution in [0.3, 0.4) is 0 Å². The van der Waals surface area contributed by atoms with Gasteiger partial charge in [-0.25, -0.2) is 5.43 Å². The van der Waals surface area contributed by atoms with Gasteiger partial charge in [0.2, 0.25) is 5.91 Å². The number of nitrogens with one attached hydrogen (secondary N) is 1. The Morgan fingerprint density at radius 2 is 1.73 bits per heavy atom. The number of hydrazone groups is 1. The second-order valence-electron chi connectivity index (χ2n) is 6.40. The maximum absolute atomic E-state index is 12.0. The SMILES string of the molecule is COc1cc(/C=N/NC(=O)Cc2ccccc2)c(Br)cc1OCc1ccc(Br)cc1. The van der Waals surface area contributed by atoms with Crippen LogP contribution < -0.4 is 14.9 Å². The lowest BCUT2D eigenvalue weighted by molar-refractivity contribution is -0.120. The molecule has 0 heterocycles. The molecule has 0 bridgehead atoms. The quantitative estimate of drug-likeness (QED) is 0.309. The van der Waals surface area contributed by atoms with Crippen molar-refractivity contribution < 1.29 is 14.3 Å². The van der Waals surface area contributed by atoms with Crippen molar-refractivity contribution in [1.29, 1.82) is 0 Å². The first-order valence-electron chi connectivity index (χ1n) is 9.16. The fourth-order valence-electron chi connectivity index (χ4n) is 2.66. The van der Waals surface area contributed by atoms with Crippen molar-refractivity contribution in [2.75, 3.05) is 7.11 Å². The van der Waals surface area contributed by atoms with E-state index in [-0.39, 0.29) is 12.3 Å². The Morgan fingerprint density at radius 3 is 2.43 bits per heavy atom. The average molecular weight is 532 g/mol. The molecule has 0 atom stereocenters. The van der Waals surface area contributed by atoms with Crippen LogP contribution >= 0.6 is 31.9 Å². The van der Waals surface area contributed by atoms with Gasteiger partial charge in [-0.15, -0.1) is 0 Å². The van der Waals surface area contributed by atoms with Crippen molar-refractivity contribution in [2.45, 2.75) is 13.0 Å². The van der Waals surface area contributed by atoms with Crippen molar-refractivity contribution >= 4 is 44.0 Å². The van der Waals surface area contributed by atoms with E-state index in [0.29, 0.717) is 18.1 Å². The largest absolute Gasteiger partial charge is 0.493 e. The van der Waals surface area contributed by atoms with E-state index in [4.69, 9.17) is 9.47 Å². The van der Waals surface area contributed by atoms with Crippen LogP contribution in [0, 0.1) is 0 Å². The summed E-state index contributed by atoms with van der Waals surface area (Å²) in [5, 5.41) is 4.05. The molecule has 1 N–H and O–H groups in total. The van der Waals surface area contributed by atoms with Gasteiger partial charge in [0, 0.05) is 14.5 Å². The molecule has 30 heavy (non-hydrogen) atoms. The first-order chi connectivity index (χ1) is 14.5. The Bertz CT molecular complexity index is 1020. The van der Waals surface area contributed by atoms with E-state index in [1.165, 1.54) is 0 Å². The number of benzene rings is 3. The van der Waals surface area contributed by atoms with Crippen LogP contribution in [0.5, 0.6) is 11.5 Å². The summed E-state index contributed by atoms with van der Waals surface area (Å²) in [5.41, 5.74) is 5.27. The molecule has 0 radical (unpaired) electrons. The first kappa shape index (κ1) is 22.1. The van der Waals surface area contributed by atoms with Crippen LogP contribution in [0.25, 0.3) is 0 Å². The molecule has 5 nitrogen and oxygen atoms in total. The van der Waals surface area contributed by atoms with Crippen LogP contribution in [0.1, 0.15) is 16.7 Å². The second-order valence-corrected chi connectivity index (χ2v) is 8.17. The molecule has 0 unspecified atom stereocenters. The van der Waals surface area contributed by atoms with Gasteiger partial charge in [0.05, 0.1) is 19.7 Å². The molecule has 0 aromatic heterocycles. The second kappa shape index (κ2) is 10.9. The number of carbonyl (C=O) groups excluding carboxylic acids is 1. The third-order valence-corrected chi connectivity index (χ3v) is 5.41. The summed E-state index contributed by atoms with van der Waals surface area (Å²) in [6, 6.07) is 21.1. The molecule has 3 rings (SSSR count). The maximum atomic E-state index is 12.0. The minimum atomic E-state index is -0.185. The molecule has 0 spiro atoms. The van der Waals surface area contributed by atoms with Gasteiger partial charge in [0.15, 0.2) is 11.5 Å². The van der Waals surface area contributed by atoms with E-state index in [0.717, 1.165) is 25.6 Å². The van der Waals surface area contributed by atoms with Crippen LogP contribution in [0.2, 0.25) is 0 Å². The lowest BCUT2D eigenvalue weighted by Gasteiger charge is -2.13. The third-order valence-electron chi connectivity index (χ3n) is 4.19. The van der Waals surface area contributed by atoms with Gasteiger partial charge in [-0.1, -0.05) is 58.4 Å². The third kappa shape index (κ3) is 6.43. The van der Waals surface area contributed by atoms with Crippen LogP contribution in [-0.4, -0.2) is 19.2 Å². The van der Waals surface area contributed by atoms with Gasteiger partial charge in [-0.2, -0.15) is 5.10 Å². The minimum Gasteiger partial charge on any atom is -0.493 e. The van der Waals surface area contributed by atoms with E-state index >= 15 is 0 Å². The molecule has 154 valence electrons. The summed E-state index contributed by atoms with van der Waals surface area (Å²) in [4.78, 5) is 12.0. The minimum absolute atomic E-state index is 0.185. The predicted molar refractivity (Wildman–Crippen MR) is 125 cm³/mol. The first-order valence-corrected chi connectivity index (χ1v) is 10.7. The molecule has 7 heteroatoms. The summed E-state index contributed by atoms with van der Waals surface area (Å²) >= 11 is 6.94. The summed E-state index contributed by atoms with van der Waals surface area (Å²) in [6.07, 6.45) is 1.83. The molecular formula is C23H20Br2N2O3. The highest BCUT2D eigenvalue weighted by Crippen LogP contribution is 2.33. The zero-order valence-electron chi connectivity index (χ0n) is 16.3. The van der Waals surface area contributed by atoms with Crippen molar-refractivity contribution in [3.8, 4) is 11.5 Å². The summed E-state index contributed by atoms with van der Waals surface area (Å²) in [6.45, 7) is 0.416. The van der Waals surface area contributed by atoms with Gasteiger partial charge in [0.1, 0.15) is 6.61 Å². The topological polar surface area (TPSA) is 59.9 Å². The predicted octanol–water partition coefficient (Wildman–Crippen LogP) is 5.49. The van der Waals surface area contributed by atoms with Crippen molar-refractivity contribution in [3.05, 3.63) is 92.4 Å². The lowest BCUT2D eigenvalue weighted by atomic mass is 10.1. The molecular weight excluding hydrogens is 512 g/mol. The molecule has 0 aliphatic rings. The Hall–Kier alpha value is -2.64. The smallest absolute Gasteiger partial charge is 0.244 e. The summed E-state index contributed by atoms with van der Waals surface area (Å²) < 4.78 is 13.2. The Labute approximate surface area is 192 Å². The number of nitrogens with zero attached hydrogens (tertiary/aromatic N) is 1. The van der Waals surface area contributed by atoms with E-state index in [1.54, 1.807) is 19.4 Å². The lowest BCUT2D eigenvalue weighted by Crippen LogP contribution is -2.19. The maximum Gasteiger partial charge on any atom is 0.244 e. The molecule has 0 aliphatic heterocycles. The monoisotopic (exact) mass is 530 g/mol. The Kier molecular flexibility index (Phi) is 8.04. The fraction of sp³-hybridized carbons (Fsp3) is 0.130. The Balaban J connectivity index is 1.63. The number of rotatable bonds is 8. The van der Waals surface area contributed by atoms with Gasteiger partial charge in [0.25, 0.3) is 0 Å². The summed E-state index contributed by atoms with van der Waals surface area (Å²) in [5.74, 6) is 1.000. The number of amides is 1. The molecule has 3 aromatic carbocycles. The van der Waals surface area contributed by atoms with Crippen molar-refractivity contribution in [3.63, 3.8) is 0 Å². The van der Waals surface area contributed by atoms with E-state index in [9.17, 15) is 4.79 Å². The number of ether oxygens (including phenoxy) is 2. The number of hydrogen-bond acceptors (Lipinski definition) is 4. The van der Waals surface area contributed by atoms with Gasteiger partial charge < -0.3 is 9.47 Å². The number of methoxy groups -OCH3 is 1. The molecule has 3 aromatic rings. The zero-order chi connectivity index (χ0) is 21.3. The van der Waals surface area contributed by atoms with Crippen molar-refractivity contribution in [2.24, 2.45) is 5.10 Å². The van der Waals surface area contributed by atoms with Crippen LogP contribution in [0.15, 0.2) is 80.8 Å². The average Bonchev–Trinajstić information content (AvgIpc) is 2.75. The number of carbonyl (C=O) groups is 1. The summed E-state index contributed by atoms with van der Waals surface area (Å²) in [7, 11) is 1.58. The molecule has 0 fully saturated rings.